The Morgan fingerprint density at radius 2 is 1.75 bits per heavy atom. The van der Waals surface area contributed by atoms with Gasteiger partial charge in [0.05, 0.1) is 23.7 Å². The fourth-order valence-electron chi connectivity index (χ4n) is 3.01. The highest BCUT2D eigenvalue weighted by Crippen LogP contribution is 2.19. The zero-order valence-corrected chi connectivity index (χ0v) is 16.8. The van der Waals surface area contributed by atoms with E-state index in [1.54, 1.807) is 17.7 Å². The molecule has 5 heteroatoms. The van der Waals surface area contributed by atoms with Crippen LogP contribution >= 0.6 is 15.9 Å². The van der Waals surface area contributed by atoms with Gasteiger partial charge in [0.1, 0.15) is 11.6 Å². The molecule has 0 amide bonds. The number of para-hydroxylation sites is 1. The van der Waals surface area contributed by atoms with Crippen LogP contribution in [0.15, 0.2) is 82.1 Å². The topological polar surface area (TPSA) is 44.1 Å². The molecule has 138 valence electrons. The van der Waals surface area contributed by atoms with Crippen LogP contribution in [0.1, 0.15) is 11.4 Å². The molecule has 0 saturated carbocycles. The first kappa shape index (κ1) is 18.2. The summed E-state index contributed by atoms with van der Waals surface area (Å²) in [6.45, 7) is 0. The van der Waals surface area contributed by atoms with E-state index in [1.165, 1.54) is 0 Å². The summed E-state index contributed by atoms with van der Waals surface area (Å²) in [6.07, 6.45) is 3.80. The van der Waals surface area contributed by atoms with Crippen LogP contribution in [-0.2, 0) is 0 Å². The van der Waals surface area contributed by atoms with E-state index >= 15 is 0 Å². The number of rotatable bonds is 4. The highest BCUT2D eigenvalue weighted by atomic mass is 79.9. The molecule has 0 spiro atoms. The maximum atomic E-state index is 13.2. The SMILES string of the molecule is COc1cccc(-n2c(/C=C/c3ccc(Br)cc3)nc3ccccc3c2=O)c1. The molecule has 28 heavy (non-hydrogen) atoms. The molecule has 4 rings (SSSR count). The smallest absolute Gasteiger partial charge is 0.266 e. The zero-order chi connectivity index (χ0) is 19.5. The summed E-state index contributed by atoms with van der Waals surface area (Å²) in [5, 5.41) is 0.575. The van der Waals surface area contributed by atoms with Crippen molar-refractivity contribution < 1.29 is 4.74 Å². The molecule has 1 aromatic heterocycles. The van der Waals surface area contributed by atoms with E-state index in [4.69, 9.17) is 9.72 Å². The fourth-order valence-corrected chi connectivity index (χ4v) is 3.27. The summed E-state index contributed by atoms with van der Waals surface area (Å²) in [6, 6.07) is 22.7. The Morgan fingerprint density at radius 3 is 2.54 bits per heavy atom. The summed E-state index contributed by atoms with van der Waals surface area (Å²) in [5.41, 5.74) is 2.28. The molecule has 0 fully saturated rings. The number of fused-ring (bicyclic) bond motifs is 1. The highest BCUT2D eigenvalue weighted by Gasteiger charge is 2.11. The molecule has 4 aromatic rings. The van der Waals surface area contributed by atoms with Gasteiger partial charge in [-0.1, -0.05) is 52.3 Å². The van der Waals surface area contributed by atoms with Crippen LogP contribution in [0.25, 0.3) is 28.7 Å². The van der Waals surface area contributed by atoms with Gasteiger partial charge in [-0.3, -0.25) is 9.36 Å². The van der Waals surface area contributed by atoms with Gasteiger partial charge < -0.3 is 4.74 Å². The third kappa shape index (κ3) is 3.62. The number of halogens is 1. The molecule has 0 bridgehead atoms. The van der Waals surface area contributed by atoms with Crippen molar-refractivity contribution in [3.63, 3.8) is 0 Å². The molecule has 0 saturated heterocycles. The van der Waals surface area contributed by atoms with Crippen LogP contribution in [-0.4, -0.2) is 16.7 Å². The molecule has 0 aliphatic carbocycles. The van der Waals surface area contributed by atoms with Crippen molar-refractivity contribution in [1.29, 1.82) is 0 Å². The Hall–Kier alpha value is -3.18. The number of ether oxygens (including phenoxy) is 1. The molecule has 0 N–H and O–H groups in total. The molecule has 0 unspecified atom stereocenters. The van der Waals surface area contributed by atoms with Gasteiger partial charge in [-0.2, -0.15) is 0 Å². The highest BCUT2D eigenvalue weighted by molar-refractivity contribution is 9.10. The summed E-state index contributed by atoms with van der Waals surface area (Å²) >= 11 is 3.44. The largest absolute Gasteiger partial charge is 0.497 e. The normalized spacial score (nSPS) is 11.2. The van der Waals surface area contributed by atoms with Gasteiger partial charge in [0, 0.05) is 10.5 Å². The van der Waals surface area contributed by atoms with Gasteiger partial charge in [0.2, 0.25) is 0 Å². The minimum atomic E-state index is -0.116. The summed E-state index contributed by atoms with van der Waals surface area (Å²) in [7, 11) is 1.61. The summed E-state index contributed by atoms with van der Waals surface area (Å²) < 4.78 is 7.95. The van der Waals surface area contributed by atoms with Crippen molar-refractivity contribution in [2.45, 2.75) is 0 Å². The number of benzene rings is 3. The number of methoxy groups -OCH3 is 1. The molecule has 0 atom stereocenters. The molecule has 4 nitrogen and oxygen atoms in total. The van der Waals surface area contributed by atoms with E-state index in [9.17, 15) is 4.79 Å². The number of hydrogen-bond acceptors (Lipinski definition) is 3. The van der Waals surface area contributed by atoms with Crippen LogP contribution in [0.4, 0.5) is 0 Å². The van der Waals surface area contributed by atoms with Crippen molar-refractivity contribution in [2.75, 3.05) is 7.11 Å². The van der Waals surface area contributed by atoms with Crippen molar-refractivity contribution in [1.82, 2.24) is 9.55 Å². The summed E-state index contributed by atoms with van der Waals surface area (Å²) in [4.78, 5) is 18.0. The lowest BCUT2D eigenvalue weighted by molar-refractivity contribution is 0.414. The van der Waals surface area contributed by atoms with Gasteiger partial charge >= 0.3 is 0 Å². The average molecular weight is 433 g/mol. The van der Waals surface area contributed by atoms with E-state index in [-0.39, 0.29) is 5.56 Å². The van der Waals surface area contributed by atoms with Crippen LogP contribution in [0, 0.1) is 0 Å². The van der Waals surface area contributed by atoms with Crippen molar-refractivity contribution >= 4 is 39.0 Å². The second-order valence-corrected chi connectivity index (χ2v) is 7.13. The maximum Gasteiger partial charge on any atom is 0.266 e. The van der Waals surface area contributed by atoms with Crippen molar-refractivity contribution in [3.05, 3.63) is 99.0 Å². The Labute approximate surface area is 170 Å². The zero-order valence-electron chi connectivity index (χ0n) is 15.2. The minimum absolute atomic E-state index is 0.116. The quantitative estimate of drug-likeness (QED) is 0.437. The third-order valence-corrected chi connectivity index (χ3v) is 4.94. The van der Waals surface area contributed by atoms with E-state index < -0.39 is 0 Å². The lowest BCUT2D eigenvalue weighted by Crippen LogP contribution is -2.22. The van der Waals surface area contributed by atoms with Crippen LogP contribution in [0.2, 0.25) is 0 Å². The Bertz CT molecular complexity index is 1230. The minimum Gasteiger partial charge on any atom is -0.497 e. The Kier molecular flexibility index (Phi) is 5.08. The average Bonchev–Trinajstić information content (AvgIpc) is 2.73. The first-order valence-corrected chi connectivity index (χ1v) is 9.55. The van der Waals surface area contributed by atoms with Gasteiger partial charge in [0.25, 0.3) is 5.56 Å². The van der Waals surface area contributed by atoms with Gasteiger partial charge in [-0.05, 0) is 48.0 Å². The summed E-state index contributed by atoms with van der Waals surface area (Å²) in [5.74, 6) is 1.24. The first-order valence-electron chi connectivity index (χ1n) is 8.75. The lowest BCUT2D eigenvalue weighted by atomic mass is 10.2. The molecular formula is C23H17BrN2O2. The number of hydrogen-bond donors (Lipinski definition) is 0. The number of aromatic nitrogens is 2. The van der Waals surface area contributed by atoms with Crippen LogP contribution in [0.3, 0.4) is 0 Å². The van der Waals surface area contributed by atoms with Gasteiger partial charge in [-0.25, -0.2) is 4.98 Å². The second-order valence-electron chi connectivity index (χ2n) is 6.21. The van der Waals surface area contributed by atoms with E-state index in [0.29, 0.717) is 28.2 Å². The third-order valence-electron chi connectivity index (χ3n) is 4.41. The molecular weight excluding hydrogens is 416 g/mol. The van der Waals surface area contributed by atoms with Crippen LogP contribution < -0.4 is 10.3 Å². The second kappa shape index (κ2) is 7.82. The standard InChI is InChI=1S/C23H17BrN2O2/c1-28-19-6-4-5-18(15-19)26-22(14-11-16-9-12-17(24)13-10-16)25-21-8-3-2-7-20(21)23(26)27/h2-15H,1H3/b14-11+. The molecule has 0 aliphatic rings. The lowest BCUT2D eigenvalue weighted by Gasteiger charge is -2.12. The monoisotopic (exact) mass is 432 g/mol. The molecule has 3 aromatic carbocycles. The number of nitrogens with zero attached hydrogens (tertiary/aromatic N) is 2. The fraction of sp³-hybridized carbons (Fsp3) is 0.0435. The maximum absolute atomic E-state index is 13.2. The van der Waals surface area contributed by atoms with E-state index in [2.05, 4.69) is 15.9 Å². The van der Waals surface area contributed by atoms with Gasteiger partial charge in [0.15, 0.2) is 0 Å². The predicted molar refractivity (Wildman–Crippen MR) is 117 cm³/mol. The van der Waals surface area contributed by atoms with Crippen molar-refractivity contribution in [2.24, 2.45) is 0 Å². The Balaban J connectivity index is 1.92. The van der Waals surface area contributed by atoms with E-state index in [0.717, 1.165) is 10.0 Å². The molecule has 1 heterocycles. The first-order chi connectivity index (χ1) is 13.7. The predicted octanol–water partition coefficient (Wildman–Crippen LogP) is 5.33. The van der Waals surface area contributed by atoms with Gasteiger partial charge in [-0.15, -0.1) is 0 Å². The molecule has 0 aliphatic heterocycles. The van der Waals surface area contributed by atoms with Crippen LogP contribution in [0.5, 0.6) is 5.75 Å². The molecule has 0 radical (unpaired) electrons. The van der Waals surface area contributed by atoms with Crippen molar-refractivity contribution in [3.8, 4) is 11.4 Å². The van der Waals surface area contributed by atoms with E-state index in [1.807, 2.05) is 78.9 Å². The Morgan fingerprint density at radius 1 is 0.964 bits per heavy atom.